The van der Waals surface area contributed by atoms with E-state index in [2.05, 4.69) is 23.7 Å². The Morgan fingerprint density at radius 3 is 2.29 bits per heavy atom. The number of rotatable bonds is 1. The van der Waals surface area contributed by atoms with Crippen molar-refractivity contribution >= 4 is 18.9 Å². The zero-order valence-corrected chi connectivity index (χ0v) is 6.03. The molecule has 0 fully saturated rings. The predicted molar refractivity (Wildman–Crippen MR) is 25.3 cm³/mol. The Balaban J connectivity index is 0. The Kier molecular flexibility index (Phi) is 9.03. The molecule has 0 amide bonds. The van der Waals surface area contributed by atoms with Gasteiger partial charge in [0.2, 0.25) is 0 Å². The normalized spacial score (nSPS) is 5.86. The van der Waals surface area contributed by atoms with E-state index in [1.165, 1.54) is 0 Å². The van der Waals surface area contributed by atoms with Crippen molar-refractivity contribution in [1.29, 1.82) is 0 Å². The molecule has 4 heteroatoms. The van der Waals surface area contributed by atoms with Crippen molar-refractivity contribution in [1.82, 2.24) is 0 Å². The van der Waals surface area contributed by atoms with Gasteiger partial charge in [0.05, 0.1) is 0 Å². The van der Waals surface area contributed by atoms with E-state index in [0.29, 0.717) is 0 Å². The largest absolute Gasteiger partial charge is 0.391 e. The summed E-state index contributed by atoms with van der Waals surface area (Å²) >= 11 is 3.17. The fraction of sp³-hybridized carbons (Fsp3) is 0. The van der Waals surface area contributed by atoms with Crippen LogP contribution < -0.4 is 0 Å². The van der Waals surface area contributed by atoms with E-state index in [1.807, 2.05) is 0 Å². The summed E-state index contributed by atoms with van der Waals surface area (Å²) in [6, 6.07) is 0. The van der Waals surface area contributed by atoms with Crippen LogP contribution in [-0.2, 0) is 28.5 Å². The zero-order chi connectivity index (χ0) is 4.99. The number of hydrogen-bond donors (Lipinski definition) is 1. The summed E-state index contributed by atoms with van der Waals surface area (Å²) < 4.78 is 3.84. The third-order valence-corrected chi connectivity index (χ3v) is 0.437. The monoisotopic (exact) mass is 206 g/mol. The standard InChI is InChI=1S/C3H4O2S.Ru/c1-2-3(4)5-6;/h2,6H,1H2;. The van der Waals surface area contributed by atoms with Crippen molar-refractivity contribution < 1.29 is 28.5 Å². The summed E-state index contributed by atoms with van der Waals surface area (Å²) in [4.78, 5) is 9.76. The molecule has 0 atom stereocenters. The van der Waals surface area contributed by atoms with Gasteiger partial charge < -0.3 is 4.18 Å². The molecule has 0 bridgehead atoms. The van der Waals surface area contributed by atoms with Crippen LogP contribution in [0.3, 0.4) is 0 Å². The van der Waals surface area contributed by atoms with Gasteiger partial charge in [0.25, 0.3) is 0 Å². The first kappa shape index (κ1) is 10.2. The second-order valence-electron chi connectivity index (χ2n) is 0.614. The van der Waals surface area contributed by atoms with E-state index in [1.54, 1.807) is 0 Å². The maximum Gasteiger partial charge on any atom is 0.341 e. The Morgan fingerprint density at radius 1 is 1.86 bits per heavy atom. The minimum Gasteiger partial charge on any atom is -0.391 e. The molecule has 0 aromatic heterocycles. The van der Waals surface area contributed by atoms with Gasteiger partial charge in [-0.05, 0) is 0 Å². The first-order chi connectivity index (χ1) is 2.81. The number of carbonyl (C=O) groups excluding carboxylic acids is 1. The molecule has 0 rings (SSSR count). The molecule has 0 aliphatic rings. The van der Waals surface area contributed by atoms with Gasteiger partial charge in [-0.25, -0.2) is 4.79 Å². The van der Waals surface area contributed by atoms with Gasteiger partial charge in [-0.15, -0.1) is 0 Å². The van der Waals surface area contributed by atoms with Gasteiger partial charge in [0.15, 0.2) is 0 Å². The van der Waals surface area contributed by atoms with Crippen LogP contribution >= 0.6 is 12.9 Å². The van der Waals surface area contributed by atoms with Crippen LogP contribution in [0.15, 0.2) is 12.7 Å². The summed E-state index contributed by atoms with van der Waals surface area (Å²) in [6.45, 7) is 3.11. The summed E-state index contributed by atoms with van der Waals surface area (Å²) in [7, 11) is 0. The van der Waals surface area contributed by atoms with Gasteiger partial charge in [0, 0.05) is 38.5 Å². The SMILES string of the molecule is C=CC(=O)OS.[Ru]. The fourth-order valence-corrected chi connectivity index (χ4v) is 0.112. The van der Waals surface area contributed by atoms with Crippen LogP contribution in [0.1, 0.15) is 0 Å². The van der Waals surface area contributed by atoms with Crippen LogP contribution in [0, 0.1) is 0 Å². The Hall–Kier alpha value is 0.183. The molecule has 0 aliphatic carbocycles. The molecule has 0 aromatic carbocycles. The van der Waals surface area contributed by atoms with Crippen molar-refractivity contribution in [2.75, 3.05) is 0 Å². The summed E-state index contributed by atoms with van der Waals surface area (Å²) in [6.07, 6.45) is 1.03. The van der Waals surface area contributed by atoms with Crippen molar-refractivity contribution in [3.8, 4) is 0 Å². The summed E-state index contributed by atoms with van der Waals surface area (Å²) in [5.74, 6) is -0.529. The van der Waals surface area contributed by atoms with Gasteiger partial charge in [-0.1, -0.05) is 6.58 Å². The average Bonchev–Trinajstić information content (AvgIpc) is 1.65. The van der Waals surface area contributed by atoms with Gasteiger partial charge >= 0.3 is 5.97 Å². The van der Waals surface area contributed by atoms with Gasteiger partial charge in [-0.2, -0.15) is 0 Å². The van der Waals surface area contributed by atoms with E-state index < -0.39 is 5.97 Å². The molecular formula is C3H4O2RuS. The van der Waals surface area contributed by atoms with Crippen molar-refractivity contribution in [3.63, 3.8) is 0 Å². The second kappa shape index (κ2) is 6.18. The van der Waals surface area contributed by atoms with Crippen LogP contribution in [0.2, 0.25) is 0 Å². The molecule has 2 nitrogen and oxygen atoms in total. The van der Waals surface area contributed by atoms with Crippen LogP contribution in [0.25, 0.3) is 0 Å². The molecule has 0 aromatic rings. The zero-order valence-electron chi connectivity index (χ0n) is 3.40. The Labute approximate surface area is 60.3 Å². The van der Waals surface area contributed by atoms with Gasteiger partial charge in [-0.3, -0.25) is 0 Å². The Bertz CT molecular complexity index is 73.3. The molecule has 0 aliphatic heterocycles. The molecule has 0 N–H and O–H groups in total. The van der Waals surface area contributed by atoms with E-state index in [0.717, 1.165) is 6.08 Å². The van der Waals surface area contributed by atoms with E-state index in [9.17, 15) is 4.79 Å². The third kappa shape index (κ3) is 6.18. The van der Waals surface area contributed by atoms with E-state index in [4.69, 9.17) is 0 Å². The topological polar surface area (TPSA) is 26.3 Å². The van der Waals surface area contributed by atoms with Crippen LogP contribution in [0.5, 0.6) is 0 Å². The third-order valence-electron chi connectivity index (χ3n) is 0.257. The first-order valence-electron chi connectivity index (χ1n) is 1.29. The average molecular weight is 205 g/mol. The minimum atomic E-state index is -0.529. The van der Waals surface area contributed by atoms with Crippen LogP contribution in [-0.4, -0.2) is 5.97 Å². The Morgan fingerprint density at radius 2 is 2.29 bits per heavy atom. The quantitative estimate of drug-likeness (QED) is 0.293. The summed E-state index contributed by atoms with van der Waals surface area (Å²) in [5.41, 5.74) is 0. The van der Waals surface area contributed by atoms with Crippen molar-refractivity contribution in [3.05, 3.63) is 12.7 Å². The molecule has 7 heavy (non-hydrogen) atoms. The molecule has 0 saturated heterocycles. The van der Waals surface area contributed by atoms with Crippen molar-refractivity contribution in [2.24, 2.45) is 0 Å². The van der Waals surface area contributed by atoms with Gasteiger partial charge in [0.1, 0.15) is 0 Å². The smallest absolute Gasteiger partial charge is 0.341 e. The number of thiol groups is 1. The number of carbonyl (C=O) groups is 1. The maximum atomic E-state index is 9.76. The van der Waals surface area contributed by atoms with E-state index in [-0.39, 0.29) is 19.5 Å². The fourth-order valence-electron chi connectivity index (χ4n) is 0.0373. The first-order valence-corrected chi connectivity index (χ1v) is 1.65. The second-order valence-corrected chi connectivity index (χ2v) is 0.797. The molecular weight excluding hydrogens is 201 g/mol. The van der Waals surface area contributed by atoms with Crippen molar-refractivity contribution in [2.45, 2.75) is 0 Å². The summed E-state index contributed by atoms with van der Waals surface area (Å²) in [5, 5.41) is 0. The number of hydrogen-bond acceptors (Lipinski definition) is 3. The minimum absolute atomic E-state index is 0. The van der Waals surface area contributed by atoms with E-state index >= 15 is 0 Å². The molecule has 0 heterocycles. The maximum absolute atomic E-state index is 9.76. The predicted octanol–water partition coefficient (Wildman–Crippen LogP) is 0.558. The molecule has 0 radical (unpaired) electrons. The molecule has 0 spiro atoms. The molecule has 0 unspecified atom stereocenters. The molecule has 0 saturated carbocycles. The molecule has 42 valence electrons. The van der Waals surface area contributed by atoms with Crippen LogP contribution in [0.4, 0.5) is 0 Å².